The Hall–Kier alpha value is -3.78. The Morgan fingerprint density at radius 3 is 2.80 bits per heavy atom. The van der Waals surface area contributed by atoms with Crippen molar-refractivity contribution >= 4 is 38.9 Å². The zero-order chi connectivity index (χ0) is 20.8. The van der Waals surface area contributed by atoms with E-state index >= 15 is 0 Å². The van der Waals surface area contributed by atoms with E-state index in [0.29, 0.717) is 21.7 Å². The molecule has 0 saturated heterocycles. The third-order valence-electron chi connectivity index (χ3n) is 5.15. The molecular formula is C22H17N5O2S. The van der Waals surface area contributed by atoms with Crippen LogP contribution in [0.2, 0.25) is 0 Å². The molecule has 0 bridgehead atoms. The van der Waals surface area contributed by atoms with Gasteiger partial charge in [0.2, 0.25) is 0 Å². The summed E-state index contributed by atoms with van der Waals surface area (Å²) in [5, 5.41) is 10.0. The average molecular weight is 415 g/mol. The van der Waals surface area contributed by atoms with Gasteiger partial charge in [-0.3, -0.25) is 14.9 Å². The van der Waals surface area contributed by atoms with Gasteiger partial charge in [0.25, 0.3) is 11.5 Å². The number of H-pyrrole nitrogens is 1. The van der Waals surface area contributed by atoms with Gasteiger partial charge in [0.15, 0.2) is 5.13 Å². The molecule has 0 unspecified atom stereocenters. The van der Waals surface area contributed by atoms with Crippen molar-refractivity contribution in [3.05, 3.63) is 81.1 Å². The molecule has 2 aromatic carbocycles. The highest BCUT2D eigenvalue weighted by molar-refractivity contribution is 7.14. The predicted molar refractivity (Wildman–Crippen MR) is 118 cm³/mol. The van der Waals surface area contributed by atoms with Crippen LogP contribution in [0.1, 0.15) is 21.5 Å². The standard InChI is InChI=1S/C22H17N5O2S/c1-12-7-8-14(9-13(12)2)17-11-30-22(24-17)26-21(29)16-10-23-27-18-6-4-3-5-15(18)20(28)25-19(16)27/h3-11H,1-2H3,(H,25,28)(H,24,26,29). The summed E-state index contributed by atoms with van der Waals surface area (Å²) in [4.78, 5) is 32.6. The third-order valence-corrected chi connectivity index (χ3v) is 5.91. The van der Waals surface area contributed by atoms with E-state index in [2.05, 4.69) is 46.4 Å². The van der Waals surface area contributed by atoms with Gasteiger partial charge >= 0.3 is 0 Å². The fourth-order valence-electron chi connectivity index (χ4n) is 3.37. The first-order valence-electron chi connectivity index (χ1n) is 9.34. The zero-order valence-corrected chi connectivity index (χ0v) is 17.1. The Kier molecular flexibility index (Phi) is 4.22. The van der Waals surface area contributed by atoms with E-state index in [-0.39, 0.29) is 17.0 Å². The number of carbonyl (C=O) groups excluding carboxylic acids is 1. The van der Waals surface area contributed by atoms with E-state index in [1.54, 1.807) is 22.7 Å². The summed E-state index contributed by atoms with van der Waals surface area (Å²) in [7, 11) is 0. The molecule has 0 saturated carbocycles. The van der Waals surface area contributed by atoms with E-state index in [1.807, 2.05) is 17.5 Å². The first-order chi connectivity index (χ1) is 14.5. The number of hydrogen-bond donors (Lipinski definition) is 2. The average Bonchev–Trinajstić information content (AvgIpc) is 3.37. The van der Waals surface area contributed by atoms with Crippen LogP contribution in [0, 0.1) is 13.8 Å². The van der Waals surface area contributed by atoms with E-state index in [1.165, 1.54) is 28.7 Å². The number of aryl methyl sites for hydroxylation is 2. The van der Waals surface area contributed by atoms with E-state index in [9.17, 15) is 9.59 Å². The van der Waals surface area contributed by atoms with Gasteiger partial charge in [0.05, 0.1) is 22.8 Å². The molecule has 0 atom stereocenters. The number of carbonyl (C=O) groups is 1. The maximum absolute atomic E-state index is 12.9. The third kappa shape index (κ3) is 2.98. The van der Waals surface area contributed by atoms with Crippen LogP contribution in [-0.4, -0.2) is 25.5 Å². The summed E-state index contributed by atoms with van der Waals surface area (Å²) >= 11 is 1.35. The fraction of sp³-hybridized carbons (Fsp3) is 0.0909. The molecular weight excluding hydrogens is 398 g/mol. The van der Waals surface area contributed by atoms with E-state index < -0.39 is 0 Å². The number of anilines is 1. The second kappa shape index (κ2) is 6.93. The molecule has 0 spiro atoms. The molecule has 5 aromatic rings. The number of nitrogens with zero attached hydrogens (tertiary/aromatic N) is 3. The summed E-state index contributed by atoms with van der Waals surface area (Å²) in [6.07, 6.45) is 1.45. The molecule has 2 N–H and O–H groups in total. The monoisotopic (exact) mass is 415 g/mol. The molecule has 148 valence electrons. The van der Waals surface area contributed by atoms with Gasteiger partial charge in [-0.2, -0.15) is 5.10 Å². The minimum absolute atomic E-state index is 0.265. The number of benzene rings is 2. The van der Waals surface area contributed by atoms with Gasteiger partial charge in [-0.05, 0) is 43.2 Å². The summed E-state index contributed by atoms with van der Waals surface area (Å²) in [6, 6.07) is 13.3. The highest BCUT2D eigenvalue weighted by Crippen LogP contribution is 2.27. The van der Waals surface area contributed by atoms with Gasteiger partial charge in [0, 0.05) is 10.9 Å². The Labute approximate surface area is 175 Å². The molecule has 1 amide bonds. The Morgan fingerprint density at radius 2 is 1.97 bits per heavy atom. The molecule has 3 aromatic heterocycles. The number of aromatic nitrogens is 4. The number of para-hydroxylation sites is 1. The second-order valence-corrected chi connectivity index (χ2v) is 7.94. The van der Waals surface area contributed by atoms with Crippen LogP contribution in [0.5, 0.6) is 0 Å². The zero-order valence-electron chi connectivity index (χ0n) is 16.3. The van der Waals surface area contributed by atoms with E-state index in [0.717, 1.165) is 11.3 Å². The van der Waals surface area contributed by atoms with Crippen molar-refractivity contribution in [3.8, 4) is 11.3 Å². The number of amides is 1. The lowest BCUT2D eigenvalue weighted by molar-refractivity contribution is 0.102. The first-order valence-corrected chi connectivity index (χ1v) is 10.2. The summed E-state index contributed by atoms with van der Waals surface area (Å²) < 4.78 is 1.56. The quantitative estimate of drug-likeness (QED) is 0.463. The smallest absolute Gasteiger partial charge is 0.262 e. The fourth-order valence-corrected chi connectivity index (χ4v) is 4.09. The highest BCUT2D eigenvalue weighted by atomic mass is 32.1. The first kappa shape index (κ1) is 18.3. The largest absolute Gasteiger partial charge is 0.306 e. The van der Waals surface area contributed by atoms with Crippen LogP contribution in [0.15, 0.2) is 58.8 Å². The van der Waals surface area contributed by atoms with Crippen molar-refractivity contribution in [2.75, 3.05) is 5.32 Å². The number of hydrogen-bond acceptors (Lipinski definition) is 5. The predicted octanol–water partition coefficient (Wildman–Crippen LogP) is 4.17. The van der Waals surface area contributed by atoms with Crippen molar-refractivity contribution in [2.24, 2.45) is 0 Å². The SMILES string of the molecule is Cc1ccc(-c2csc(NC(=O)c3cnn4c3[nH]c(=O)c3ccccc34)n2)cc1C. The number of aromatic amines is 1. The van der Waals surface area contributed by atoms with E-state index in [4.69, 9.17) is 0 Å². The minimum Gasteiger partial charge on any atom is -0.306 e. The van der Waals surface area contributed by atoms with Gasteiger partial charge in [-0.1, -0.05) is 24.3 Å². The summed E-state index contributed by atoms with van der Waals surface area (Å²) in [6.45, 7) is 4.12. The minimum atomic E-state index is -0.378. The number of nitrogens with one attached hydrogen (secondary N) is 2. The highest BCUT2D eigenvalue weighted by Gasteiger charge is 2.17. The lowest BCUT2D eigenvalue weighted by Crippen LogP contribution is -2.15. The molecule has 0 fully saturated rings. The molecule has 30 heavy (non-hydrogen) atoms. The Morgan fingerprint density at radius 1 is 1.13 bits per heavy atom. The van der Waals surface area contributed by atoms with Crippen molar-refractivity contribution in [1.29, 1.82) is 0 Å². The van der Waals surface area contributed by atoms with Crippen LogP contribution in [0.25, 0.3) is 27.8 Å². The topological polar surface area (TPSA) is 92.2 Å². The number of fused-ring (bicyclic) bond motifs is 3. The number of thiazole rings is 1. The second-order valence-electron chi connectivity index (χ2n) is 7.08. The maximum atomic E-state index is 12.9. The van der Waals surface area contributed by atoms with Crippen LogP contribution in [-0.2, 0) is 0 Å². The Bertz CT molecular complexity index is 1490. The summed E-state index contributed by atoms with van der Waals surface area (Å²) in [5.74, 6) is -0.378. The molecule has 0 aliphatic heterocycles. The molecule has 7 nitrogen and oxygen atoms in total. The van der Waals surface area contributed by atoms with Crippen molar-refractivity contribution in [2.45, 2.75) is 13.8 Å². The Balaban J connectivity index is 1.48. The lowest BCUT2D eigenvalue weighted by Gasteiger charge is -2.03. The van der Waals surface area contributed by atoms with Crippen molar-refractivity contribution in [3.63, 3.8) is 0 Å². The number of rotatable bonds is 3. The lowest BCUT2D eigenvalue weighted by atomic mass is 10.1. The van der Waals surface area contributed by atoms with Gasteiger partial charge in [0.1, 0.15) is 11.2 Å². The van der Waals surface area contributed by atoms with Gasteiger partial charge in [-0.15, -0.1) is 11.3 Å². The van der Waals surface area contributed by atoms with Crippen LogP contribution < -0.4 is 10.9 Å². The molecule has 0 radical (unpaired) electrons. The molecule has 3 heterocycles. The van der Waals surface area contributed by atoms with Crippen LogP contribution in [0.3, 0.4) is 0 Å². The normalized spacial score (nSPS) is 11.3. The molecule has 0 aliphatic rings. The van der Waals surface area contributed by atoms with Gasteiger partial charge < -0.3 is 4.98 Å². The molecule has 5 rings (SSSR count). The van der Waals surface area contributed by atoms with Crippen LogP contribution >= 0.6 is 11.3 Å². The maximum Gasteiger partial charge on any atom is 0.262 e. The summed E-state index contributed by atoms with van der Waals surface area (Å²) in [5.41, 5.74) is 5.22. The van der Waals surface area contributed by atoms with Crippen LogP contribution in [0.4, 0.5) is 5.13 Å². The van der Waals surface area contributed by atoms with Crippen molar-refractivity contribution in [1.82, 2.24) is 19.6 Å². The van der Waals surface area contributed by atoms with Crippen molar-refractivity contribution < 1.29 is 4.79 Å². The molecule has 0 aliphatic carbocycles. The molecule has 8 heteroatoms. The van der Waals surface area contributed by atoms with Gasteiger partial charge in [-0.25, -0.2) is 9.50 Å².